The van der Waals surface area contributed by atoms with Gasteiger partial charge in [-0.3, -0.25) is 4.79 Å². The minimum Gasteiger partial charge on any atom is -0.445 e. The number of fused-ring (bicyclic) bond motifs is 2. The molecule has 0 bridgehead atoms. The first-order valence-corrected chi connectivity index (χ1v) is 33.7. The van der Waals surface area contributed by atoms with Crippen LogP contribution in [0.4, 0.5) is 9.59 Å². The Labute approximate surface area is 613 Å². The van der Waals surface area contributed by atoms with Crippen molar-refractivity contribution in [3.63, 3.8) is 0 Å². The second-order valence-corrected chi connectivity index (χ2v) is 26.7. The van der Waals surface area contributed by atoms with Crippen molar-refractivity contribution in [1.29, 1.82) is 0 Å². The minimum atomic E-state index is -1.74. The minimum absolute atomic E-state index is 0. The van der Waals surface area contributed by atoms with Gasteiger partial charge in [0.15, 0.2) is 37.7 Å². The van der Waals surface area contributed by atoms with Gasteiger partial charge in [-0.2, -0.15) is 0 Å². The molecule has 8 fully saturated rings. The summed E-state index contributed by atoms with van der Waals surface area (Å²) in [4.78, 5) is 41.2. The summed E-state index contributed by atoms with van der Waals surface area (Å²) in [7, 11) is 3.06. The summed E-state index contributed by atoms with van der Waals surface area (Å²) in [6.07, 6.45) is -30.0. The number of rotatable bonds is 22. The average molecular weight is 1660 g/mol. The van der Waals surface area contributed by atoms with E-state index >= 15 is 0 Å². The molecule has 0 spiro atoms. The fourth-order valence-corrected chi connectivity index (χ4v) is 13.9. The Kier molecular flexibility index (Phi) is 32.9. The van der Waals surface area contributed by atoms with E-state index < -0.39 is 245 Å². The van der Waals surface area contributed by atoms with Crippen LogP contribution in [-0.2, 0) is 95.9 Å². The Hall–Kier alpha value is -4.71. The zero-order chi connectivity index (χ0) is 74.0. The van der Waals surface area contributed by atoms with Gasteiger partial charge in [-0.15, -0.1) is 0 Å². The van der Waals surface area contributed by atoms with E-state index in [0.717, 1.165) is 11.1 Å². The van der Waals surface area contributed by atoms with E-state index in [2.05, 4.69) is 36.6 Å². The molecule has 10 rings (SSSR count). The molecule has 6 saturated heterocycles. The number of nitrogens with two attached hydrogens (primary N) is 6. The van der Waals surface area contributed by atoms with E-state index in [4.69, 9.17) is 91.2 Å². The standard InChI is InChI=1S/C38H53N7O14.C24H47N7O12.CH4.W/c1-18-13-23-33(30(49)27(41-2)35(55-23)59-36-31(50)29(48)25(39)24(15-46)56-36)58-34(18)57-32-22(43-38(52)54-17-20-11-7-4-8-12-20)14-21(28(47)26(32)44-45-40)42-37(51)53-16-19-9-5-3-6-10-19;1-30-14-17(36)20-10(3-8(28)22(42-20)41-19-7(27)2-6(26)15(34)12(19)29)39-23(14)43-24-18(37)16(35)13(11(5-32)40-24)31-21(38)9(33)4-25;;/h3-12,18,21-36,41,46-50H,13-17,39H2,1-2H3,(H,42,51)(H,43,52);6-20,22-24,30,32-37H,2-5,25-29H2,1H3,(H,31,38);1H4;/t18-,21+,22?,23-,24?,25+,26+,27?,28?,29-,30?,31?,32+,33?,34-,35?,36+;6-,7?,8+,9+,10+,11?,12-,13-,14?,15?,16+,17?,18?,19-,20?,22+,23?,24-;;/m01../s1. The third-order valence-electron chi connectivity index (χ3n) is 19.7. The van der Waals surface area contributed by atoms with Gasteiger partial charge in [-0.25, -0.2) is 9.59 Å². The van der Waals surface area contributed by atoms with Crippen LogP contribution in [0.1, 0.15) is 51.2 Å². The zero-order valence-electron chi connectivity index (χ0n) is 56.6. The number of amides is 3. The number of azide groups is 1. The van der Waals surface area contributed by atoms with Gasteiger partial charge >= 0.3 is 12.2 Å². The molecule has 104 heavy (non-hydrogen) atoms. The molecule has 0 aromatic heterocycles. The Morgan fingerprint density at radius 3 is 1.57 bits per heavy atom. The summed E-state index contributed by atoms with van der Waals surface area (Å²) in [6, 6.07) is 7.26. The molecule has 6 heterocycles. The van der Waals surface area contributed by atoms with Crippen LogP contribution in [-0.4, -0.2) is 316 Å². The normalized spacial score (nSPS) is 42.2. The predicted molar refractivity (Wildman–Crippen MR) is 353 cm³/mol. The number of benzene rings is 2. The number of carbonyl (C=O) groups is 3. The fourth-order valence-electron chi connectivity index (χ4n) is 13.9. The Bertz CT molecular complexity index is 3020. The van der Waals surface area contributed by atoms with Gasteiger partial charge in [0.1, 0.15) is 80.4 Å². The number of nitrogens with zero attached hydrogens (tertiary/aromatic N) is 3. The monoisotopic (exact) mass is 1660 g/mol. The average Bonchev–Trinajstić information content (AvgIpc) is 0.773. The molecule has 6 aliphatic heterocycles. The number of aliphatic hydroxyl groups is 11. The van der Waals surface area contributed by atoms with Gasteiger partial charge in [0.25, 0.3) is 5.91 Å². The van der Waals surface area contributed by atoms with Crippen LogP contribution < -0.4 is 61.0 Å². The van der Waals surface area contributed by atoms with E-state index in [-0.39, 0.29) is 73.9 Å². The topological polar surface area (TPSA) is 650 Å². The maximum Gasteiger partial charge on any atom is 0.407 e. The van der Waals surface area contributed by atoms with E-state index in [9.17, 15) is 76.1 Å². The number of hydrogen-bond donors (Lipinski definition) is 22. The molecular formula is C63H104N14O26W. The molecule has 2 saturated carbocycles. The SMILES string of the molecule is C.CNC1C(O[C@H]2OC(CO)[C@@H](N)[C@H](O)C2O)O[C@H]2C[C@H](C)[C@@H](O[C@@H]3C(NC(=O)OCc4ccccc4)C[C@@H](NC(=O)OCc4ccccc4)C(O)[C@H]3N=[N+]=[N-])OC2C1O.CNC1C(O[C@H]2OC(CO)[C@@H](NC(=O)[C@@H](O)CN)[C@H](O)C2O)O[C@H]2C[C@H](N)[C@@H](O[C@@H]3C(N)C[C@@H](N)C(O)[C@H]3N)OC2C1O.[W]. The fraction of sp³-hybridized carbons (Fsp3) is 0.762. The van der Waals surface area contributed by atoms with E-state index in [1.54, 1.807) is 55.5 Å². The predicted octanol–water partition coefficient (Wildman–Crippen LogP) is -8.26. The molecule has 0 radical (unpaired) electrons. The second-order valence-electron chi connectivity index (χ2n) is 26.7. The molecule has 40 nitrogen and oxygen atoms in total. The van der Waals surface area contributed by atoms with Crippen LogP contribution in [0.2, 0.25) is 0 Å². The van der Waals surface area contributed by atoms with Crippen molar-refractivity contribution >= 4 is 18.1 Å². The van der Waals surface area contributed by atoms with E-state index in [1.807, 2.05) is 12.1 Å². The molecule has 3 amide bonds. The molecule has 8 aliphatic rings. The molecule has 16 unspecified atom stereocenters. The number of hydrogen-bond acceptors (Lipinski definition) is 35. The van der Waals surface area contributed by atoms with Crippen LogP contribution in [0.25, 0.3) is 10.4 Å². The van der Waals surface area contributed by atoms with E-state index in [1.165, 1.54) is 14.1 Å². The van der Waals surface area contributed by atoms with E-state index in [0.29, 0.717) is 0 Å². The first-order chi connectivity index (χ1) is 48.7. The Balaban J connectivity index is 0.000000299. The molecule has 28 N–H and O–H groups in total. The Morgan fingerprint density at radius 2 is 1.05 bits per heavy atom. The smallest absolute Gasteiger partial charge is 0.407 e. The summed E-state index contributed by atoms with van der Waals surface area (Å²) in [5.41, 5.74) is 46.8. The summed E-state index contributed by atoms with van der Waals surface area (Å²) in [6.45, 7) is 0.0334. The van der Waals surface area contributed by atoms with Crippen LogP contribution >= 0.6 is 0 Å². The van der Waals surface area contributed by atoms with Gasteiger partial charge in [-0.1, -0.05) is 80.1 Å². The zero-order valence-corrected chi connectivity index (χ0v) is 59.5. The molecular weight excluding hydrogens is 1550 g/mol. The number of carbonyl (C=O) groups excluding carboxylic acids is 3. The van der Waals surface area contributed by atoms with Gasteiger partial charge in [-0.05, 0) is 56.4 Å². The van der Waals surface area contributed by atoms with Crippen LogP contribution in [0.3, 0.4) is 0 Å². The molecule has 35 atom stereocenters. The summed E-state index contributed by atoms with van der Waals surface area (Å²) in [5, 5.41) is 134. The van der Waals surface area contributed by atoms with Gasteiger partial charge in [0.05, 0.1) is 104 Å². The van der Waals surface area contributed by atoms with Crippen molar-refractivity contribution in [2.24, 2.45) is 45.4 Å². The van der Waals surface area contributed by atoms with Crippen LogP contribution in [0, 0.1) is 5.92 Å². The van der Waals surface area contributed by atoms with Crippen LogP contribution in [0.5, 0.6) is 0 Å². The second kappa shape index (κ2) is 39.6. The first-order valence-electron chi connectivity index (χ1n) is 33.7. The van der Waals surface area contributed by atoms with Crippen molar-refractivity contribution in [3.8, 4) is 0 Å². The summed E-state index contributed by atoms with van der Waals surface area (Å²) >= 11 is 0. The number of ether oxygens (including phenoxy) is 12. The molecule has 2 aliphatic carbocycles. The quantitative estimate of drug-likeness (QED) is 0.0296. The van der Waals surface area contributed by atoms with Crippen molar-refractivity contribution in [3.05, 3.63) is 82.2 Å². The first kappa shape index (κ1) is 86.5. The largest absolute Gasteiger partial charge is 0.445 e. The van der Waals surface area contributed by atoms with Crippen molar-refractivity contribution < 1.29 is 148 Å². The maximum absolute atomic E-state index is 13.3. The number of alkyl carbamates (subject to hydrolysis) is 2. The van der Waals surface area contributed by atoms with Gasteiger partial charge in [0, 0.05) is 50.5 Å². The molecule has 41 heteroatoms. The number of aliphatic hydroxyl groups excluding tert-OH is 11. The van der Waals surface area contributed by atoms with Crippen molar-refractivity contribution in [2.75, 3.05) is 33.9 Å². The Morgan fingerprint density at radius 1 is 0.548 bits per heavy atom. The third kappa shape index (κ3) is 20.4. The summed E-state index contributed by atoms with van der Waals surface area (Å²) in [5.74, 6) is -1.41. The van der Waals surface area contributed by atoms with Crippen molar-refractivity contribution in [2.45, 2.75) is 261 Å². The number of likely N-dealkylation sites (N-methyl/N-ethyl adjacent to an activating group) is 2. The maximum atomic E-state index is 13.3. The molecule has 588 valence electrons. The van der Waals surface area contributed by atoms with Gasteiger partial charge in [0.2, 0.25) is 0 Å². The molecule has 2 aromatic carbocycles. The van der Waals surface area contributed by atoms with Crippen molar-refractivity contribution in [1.82, 2.24) is 26.6 Å². The third-order valence-corrected chi connectivity index (χ3v) is 19.7. The number of nitrogens with one attached hydrogen (secondary N) is 5. The molecule has 2 aromatic rings. The van der Waals surface area contributed by atoms with Gasteiger partial charge < -0.3 is 174 Å². The summed E-state index contributed by atoms with van der Waals surface area (Å²) < 4.78 is 71.1. The van der Waals surface area contributed by atoms with Crippen LogP contribution in [0.15, 0.2) is 65.8 Å².